The third kappa shape index (κ3) is 2.45. The fourth-order valence-corrected chi connectivity index (χ4v) is 2.27. The molecule has 3 rings (SSSR count). The normalized spacial score (nSPS) is 10.6. The minimum atomic E-state index is -0.200. The molecule has 21 heavy (non-hydrogen) atoms. The smallest absolute Gasteiger partial charge is 0.257 e. The maximum Gasteiger partial charge on any atom is 0.257 e. The summed E-state index contributed by atoms with van der Waals surface area (Å²) in [6.45, 7) is 1.96. The Kier molecular flexibility index (Phi) is 3.31. The van der Waals surface area contributed by atoms with Crippen LogP contribution in [0.4, 0.5) is 5.69 Å². The summed E-state index contributed by atoms with van der Waals surface area (Å²) in [6, 6.07) is 11.1. The van der Waals surface area contributed by atoms with Crippen LogP contribution in [0, 0.1) is 6.92 Å². The van der Waals surface area contributed by atoms with Gasteiger partial charge in [0, 0.05) is 5.39 Å². The molecule has 0 unspecified atom stereocenters. The molecule has 0 spiro atoms. The molecule has 2 N–H and O–H groups in total. The number of aromatic amines is 1. The van der Waals surface area contributed by atoms with Crippen molar-refractivity contribution in [2.45, 2.75) is 6.92 Å². The van der Waals surface area contributed by atoms with Crippen LogP contribution in [-0.2, 0) is 0 Å². The Labute approximate surface area is 121 Å². The first-order chi connectivity index (χ1) is 10.2. The molecule has 0 bridgehead atoms. The molecule has 0 atom stereocenters. The van der Waals surface area contributed by atoms with Gasteiger partial charge in [0.1, 0.15) is 5.75 Å². The fraction of sp³-hybridized carbons (Fsp3) is 0.125. The van der Waals surface area contributed by atoms with Gasteiger partial charge in [0.25, 0.3) is 5.91 Å². The number of ether oxygens (including phenoxy) is 1. The topological polar surface area (TPSA) is 67.0 Å². The first-order valence-electron chi connectivity index (χ1n) is 6.57. The van der Waals surface area contributed by atoms with E-state index in [4.69, 9.17) is 4.74 Å². The van der Waals surface area contributed by atoms with Crippen molar-refractivity contribution in [2.75, 3.05) is 12.4 Å². The van der Waals surface area contributed by atoms with Crippen molar-refractivity contribution in [1.82, 2.24) is 10.2 Å². The van der Waals surface area contributed by atoms with Gasteiger partial charge in [-0.3, -0.25) is 9.89 Å². The van der Waals surface area contributed by atoms with Crippen LogP contribution in [0.2, 0.25) is 0 Å². The Morgan fingerprint density at radius 3 is 2.95 bits per heavy atom. The van der Waals surface area contributed by atoms with Crippen LogP contribution in [0.15, 0.2) is 42.6 Å². The fourth-order valence-electron chi connectivity index (χ4n) is 2.27. The highest BCUT2D eigenvalue weighted by Crippen LogP contribution is 2.26. The van der Waals surface area contributed by atoms with Gasteiger partial charge < -0.3 is 10.1 Å². The molecule has 0 radical (unpaired) electrons. The third-order valence-electron chi connectivity index (χ3n) is 3.32. The molecular formula is C16H15N3O2. The first kappa shape index (κ1) is 13.2. The minimum Gasteiger partial charge on any atom is -0.495 e. The van der Waals surface area contributed by atoms with Gasteiger partial charge in [-0.15, -0.1) is 0 Å². The average molecular weight is 281 g/mol. The average Bonchev–Trinajstić information content (AvgIpc) is 2.95. The summed E-state index contributed by atoms with van der Waals surface area (Å²) in [5.41, 5.74) is 2.97. The summed E-state index contributed by atoms with van der Waals surface area (Å²) in [5.74, 6) is 0.430. The second kappa shape index (κ2) is 5.28. The highest BCUT2D eigenvalue weighted by molar-refractivity contribution is 6.12. The van der Waals surface area contributed by atoms with Gasteiger partial charge in [-0.25, -0.2) is 0 Å². The van der Waals surface area contributed by atoms with E-state index in [0.29, 0.717) is 17.0 Å². The number of fused-ring (bicyclic) bond motifs is 1. The lowest BCUT2D eigenvalue weighted by Gasteiger charge is -2.11. The number of rotatable bonds is 3. The van der Waals surface area contributed by atoms with Crippen molar-refractivity contribution >= 4 is 22.5 Å². The maximum atomic E-state index is 12.5. The van der Waals surface area contributed by atoms with E-state index in [1.165, 1.54) is 0 Å². The molecular weight excluding hydrogens is 266 g/mol. The van der Waals surface area contributed by atoms with E-state index >= 15 is 0 Å². The Hall–Kier alpha value is -2.82. The molecule has 0 saturated heterocycles. The predicted octanol–water partition coefficient (Wildman–Crippen LogP) is 3.13. The van der Waals surface area contributed by atoms with Gasteiger partial charge in [-0.1, -0.05) is 18.2 Å². The van der Waals surface area contributed by atoms with Gasteiger partial charge in [0.2, 0.25) is 0 Å². The maximum absolute atomic E-state index is 12.5. The van der Waals surface area contributed by atoms with E-state index < -0.39 is 0 Å². The van der Waals surface area contributed by atoms with Gasteiger partial charge in [0.15, 0.2) is 0 Å². The number of carbonyl (C=O) groups is 1. The van der Waals surface area contributed by atoms with E-state index in [1.54, 1.807) is 19.4 Å². The molecule has 5 nitrogen and oxygen atoms in total. The van der Waals surface area contributed by atoms with E-state index in [1.807, 2.05) is 37.3 Å². The van der Waals surface area contributed by atoms with Crippen LogP contribution in [0.25, 0.3) is 10.9 Å². The number of carbonyl (C=O) groups excluding carboxylic acids is 1. The molecule has 1 amide bonds. The lowest BCUT2D eigenvalue weighted by molar-refractivity contribution is 0.102. The Balaban J connectivity index is 1.97. The SMILES string of the molecule is COc1ccc(C)cc1NC(=O)c1cccc2cn[nH]c12. The number of aromatic nitrogens is 2. The number of nitrogens with zero attached hydrogens (tertiary/aromatic N) is 1. The van der Waals surface area contributed by atoms with Crippen molar-refractivity contribution in [3.05, 3.63) is 53.7 Å². The molecule has 2 aromatic carbocycles. The standard InChI is InChI=1S/C16H15N3O2/c1-10-6-7-14(21-2)13(8-10)18-16(20)12-5-3-4-11-9-17-19-15(11)12/h3-9H,1-2H3,(H,17,19)(H,18,20). The van der Waals surface area contributed by atoms with Crippen LogP contribution in [0.5, 0.6) is 5.75 Å². The van der Waals surface area contributed by atoms with E-state index in [9.17, 15) is 4.79 Å². The lowest BCUT2D eigenvalue weighted by atomic mass is 10.1. The minimum absolute atomic E-state index is 0.200. The number of amides is 1. The summed E-state index contributed by atoms with van der Waals surface area (Å²) in [5, 5.41) is 10.6. The van der Waals surface area contributed by atoms with E-state index in [-0.39, 0.29) is 5.91 Å². The third-order valence-corrected chi connectivity index (χ3v) is 3.32. The number of methoxy groups -OCH3 is 1. The zero-order valence-electron chi connectivity index (χ0n) is 11.8. The number of hydrogen-bond acceptors (Lipinski definition) is 3. The van der Waals surface area contributed by atoms with Crippen molar-refractivity contribution in [2.24, 2.45) is 0 Å². The Bertz CT molecular complexity index is 808. The molecule has 5 heteroatoms. The van der Waals surface area contributed by atoms with Gasteiger partial charge in [0.05, 0.1) is 30.1 Å². The monoisotopic (exact) mass is 281 g/mol. The van der Waals surface area contributed by atoms with E-state index in [0.717, 1.165) is 16.5 Å². The Morgan fingerprint density at radius 1 is 1.29 bits per heavy atom. The number of para-hydroxylation sites is 1. The predicted molar refractivity (Wildman–Crippen MR) is 81.8 cm³/mol. The van der Waals surface area contributed by atoms with Crippen molar-refractivity contribution in [1.29, 1.82) is 0 Å². The summed E-state index contributed by atoms with van der Waals surface area (Å²) < 4.78 is 5.27. The number of H-pyrrole nitrogens is 1. The largest absolute Gasteiger partial charge is 0.495 e. The highest BCUT2D eigenvalue weighted by atomic mass is 16.5. The van der Waals surface area contributed by atoms with Crippen LogP contribution < -0.4 is 10.1 Å². The van der Waals surface area contributed by atoms with Gasteiger partial charge >= 0.3 is 0 Å². The van der Waals surface area contributed by atoms with Gasteiger partial charge in [-0.2, -0.15) is 5.10 Å². The summed E-state index contributed by atoms with van der Waals surface area (Å²) >= 11 is 0. The zero-order chi connectivity index (χ0) is 14.8. The lowest BCUT2D eigenvalue weighted by Crippen LogP contribution is -2.13. The van der Waals surface area contributed by atoms with Crippen LogP contribution in [0.3, 0.4) is 0 Å². The molecule has 3 aromatic rings. The number of aryl methyl sites for hydroxylation is 1. The molecule has 0 aliphatic rings. The molecule has 0 saturated carbocycles. The second-order valence-corrected chi connectivity index (χ2v) is 4.80. The summed E-state index contributed by atoms with van der Waals surface area (Å²) in [6.07, 6.45) is 1.69. The highest BCUT2D eigenvalue weighted by Gasteiger charge is 2.13. The van der Waals surface area contributed by atoms with Crippen LogP contribution in [-0.4, -0.2) is 23.2 Å². The number of nitrogens with one attached hydrogen (secondary N) is 2. The van der Waals surface area contributed by atoms with Crippen molar-refractivity contribution in [3.63, 3.8) is 0 Å². The molecule has 1 aromatic heterocycles. The summed E-state index contributed by atoms with van der Waals surface area (Å²) in [7, 11) is 1.58. The molecule has 0 aliphatic heterocycles. The van der Waals surface area contributed by atoms with E-state index in [2.05, 4.69) is 15.5 Å². The molecule has 1 heterocycles. The molecule has 0 aliphatic carbocycles. The number of hydrogen-bond donors (Lipinski definition) is 2. The summed E-state index contributed by atoms with van der Waals surface area (Å²) in [4.78, 5) is 12.5. The van der Waals surface area contributed by atoms with Crippen molar-refractivity contribution < 1.29 is 9.53 Å². The van der Waals surface area contributed by atoms with Crippen molar-refractivity contribution in [3.8, 4) is 5.75 Å². The van der Waals surface area contributed by atoms with Gasteiger partial charge in [-0.05, 0) is 30.7 Å². The second-order valence-electron chi connectivity index (χ2n) is 4.80. The quantitative estimate of drug-likeness (QED) is 0.775. The number of benzene rings is 2. The number of anilines is 1. The van der Waals surface area contributed by atoms with Crippen LogP contribution >= 0.6 is 0 Å². The van der Waals surface area contributed by atoms with Crippen LogP contribution in [0.1, 0.15) is 15.9 Å². The molecule has 0 fully saturated rings. The molecule has 106 valence electrons. The first-order valence-corrected chi connectivity index (χ1v) is 6.57. The Morgan fingerprint density at radius 2 is 2.14 bits per heavy atom. The zero-order valence-corrected chi connectivity index (χ0v) is 11.8.